The van der Waals surface area contributed by atoms with Gasteiger partial charge in [-0.15, -0.1) is 0 Å². The van der Waals surface area contributed by atoms with Gasteiger partial charge in [-0.05, 0) is 12.1 Å². The number of carbonyl (C=O) groups excluding carboxylic acids is 1. The van der Waals surface area contributed by atoms with Gasteiger partial charge in [-0.2, -0.15) is 0 Å². The van der Waals surface area contributed by atoms with Crippen molar-refractivity contribution in [2.75, 3.05) is 32.2 Å². The Morgan fingerprint density at radius 3 is 2.72 bits per heavy atom. The molecule has 0 spiro atoms. The zero-order chi connectivity index (χ0) is 13.2. The predicted molar refractivity (Wildman–Crippen MR) is 60.1 cm³/mol. The summed E-state index contributed by atoms with van der Waals surface area (Å²) in [6.07, 6.45) is 0. The molecule has 0 aliphatic carbocycles. The molecule has 0 unspecified atom stereocenters. The van der Waals surface area contributed by atoms with Gasteiger partial charge in [0.2, 0.25) is 0 Å². The molecule has 0 atom stereocenters. The first-order valence-corrected chi connectivity index (χ1v) is 5.42. The summed E-state index contributed by atoms with van der Waals surface area (Å²) in [7, 11) is 1.29. The smallest absolute Gasteiger partial charge is 0.318 e. The second kappa shape index (κ2) is 4.89. The fraction of sp³-hybridized carbons (Fsp3) is 0.417. The number of esters is 1. The zero-order valence-corrected chi connectivity index (χ0v) is 9.83. The van der Waals surface area contributed by atoms with Gasteiger partial charge in [0.05, 0.1) is 26.0 Å². The molecule has 6 heteroatoms. The molecule has 1 aromatic rings. The molecule has 4 nitrogen and oxygen atoms in total. The van der Waals surface area contributed by atoms with Crippen LogP contribution in [0.1, 0.15) is 0 Å². The van der Waals surface area contributed by atoms with Gasteiger partial charge in [0.1, 0.15) is 17.0 Å². The Labute approximate surface area is 103 Å². The second-order valence-corrected chi connectivity index (χ2v) is 4.24. The Balaban J connectivity index is 2.04. The average molecular weight is 257 g/mol. The minimum Gasteiger partial charge on any atom is -0.468 e. The number of methoxy groups -OCH3 is 1. The standard InChI is InChI=1S/C12H13F2NO3/c1-17-11(16)12(6-18-7-12)5-15-10-3-2-8(13)4-9(10)14/h2-4,15H,5-7H2,1H3. The van der Waals surface area contributed by atoms with E-state index in [1.165, 1.54) is 13.2 Å². The third-order valence-corrected chi connectivity index (χ3v) is 2.92. The third-order valence-electron chi connectivity index (χ3n) is 2.92. The van der Waals surface area contributed by atoms with Crippen molar-refractivity contribution in [3.8, 4) is 0 Å². The fourth-order valence-electron chi connectivity index (χ4n) is 1.75. The molecule has 1 aromatic carbocycles. The van der Waals surface area contributed by atoms with E-state index < -0.39 is 23.0 Å². The van der Waals surface area contributed by atoms with Crippen LogP contribution < -0.4 is 5.32 Å². The molecule has 1 aliphatic heterocycles. The van der Waals surface area contributed by atoms with Crippen molar-refractivity contribution < 1.29 is 23.0 Å². The summed E-state index contributed by atoms with van der Waals surface area (Å²) in [5.74, 6) is -1.74. The Kier molecular flexibility index (Phi) is 3.47. The molecule has 0 aromatic heterocycles. The SMILES string of the molecule is COC(=O)C1(CNc2ccc(F)cc2F)COC1. The van der Waals surface area contributed by atoms with Gasteiger partial charge in [0, 0.05) is 12.6 Å². The van der Waals surface area contributed by atoms with Gasteiger partial charge in [0.15, 0.2) is 0 Å². The molecule has 1 heterocycles. The van der Waals surface area contributed by atoms with E-state index in [1.54, 1.807) is 0 Å². The highest BCUT2D eigenvalue weighted by atomic mass is 19.1. The van der Waals surface area contributed by atoms with Gasteiger partial charge < -0.3 is 14.8 Å². The zero-order valence-electron chi connectivity index (χ0n) is 9.83. The molecule has 1 saturated heterocycles. The van der Waals surface area contributed by atoms with Gasteiger partial charge in [0.25, 0.3) is 0 Å². The van der Waals surface area contributed by atoms with Crippen molar-refractivity contribution in [2.45, 2.75) is 0 Å². The molecule has 0 radical (unpaired) electrons. The number of halogens is 2. The maximum absolute atomic E-state index is 13.4. The Bertz CT molecular complexity index is 461. The summed E-state index contributed by atoms with van der Waals surface area (Å²) in [6.45, 7) is 0.646. The lowest BCUT2D eigenvalue weighted by atomic mass is 9.86. The van der Waals surface area contributed by atoms with Gasteiger partial charge >= 0.3 is 5.97 Å². The van der Waals surface area contributed by atoms with Crippen LogP contribution in [-0.4, -0.2) is 32.8 Å². The van der Waals surface area contributed by atoms with Gasteiger partial charge in [-0.25, -0.2) is 8.78 Å². The number of benzene rings is 1. The molecule has 1 N–H and O–H groups in total. The Morgan fingerprint density at radius 2 is 2.22 bits per heavy atom. The topological polar surface area (TPSA) is 47.6 Å². The van der Waals surface area contributed by atoms with E-state index >= 15 is 0 Å². The summed E-state index contributed by atoms with van der Waals surface area (Å²) in [5, 5.41) is 2.78. The molecule has 1 aliphatic rings. The lowest BCUT2D eigenvalue weighted by Crippen LogP contribution is -2.54. The number of hydrogen-bond donors (Lipinski definition) is 1. The van der Waals surface area contributed by atoms with Crippen molar-refractivity contribution in [2.24, 2.45) is 5.41 Å². The van der Waals surface area contributed by atoms with E-state index in [4.69, 9.17) is 4.74 Å². The van der Waals surface area contributed by atoms with E-state index in [1.807, 2.05) is 0 Å². The van der Waals surface area contributed by atoms with E-state index in [0.717, 1.165) is 12.1 Å². The predicted octanol–water partition coefficient (Wildman–Crippen LogP) is 1.57. The Morgan fingerprint density at radius 1 is 1.50 bits per heavy atom. The van der Waals surface area contributed by atoms with Crippen molar-refractivity contribution in [3.63, 3.8) is 0 Å². The summed E-state index contributed by atoms with van der Waals surface area (Å²) in [4.78, 5) is 11.6. The van der Waals surface area contributed by atoms with Crippen molar-refractivity contribution in [3.05, 3.63) is 29.8 Å². The molecular weight excluding hydrogens is 244 g/mol. The largest absolute Gasteiger partial charge is 0.468 e. The van der Waals surface area contributed by atoms with Crippen molar-refractivity contribution >= 4 is 11.7 Å². The highest BCUT2D eigenvalue weighted by Crippen LogP contribution is 2.30. The molecule has 1 fully saturated rings. The van der Waals surface area contributed by atoms with Gasteiger partial charge in [-0.3, -0.25) is 4.79 Å². The minimum absolute atomic E-state index is 0.145. The third kappa shape index (κ3) is 2.28. The molecule has 18 heavy (non-hydrogen) atoms. The number of ether oxygens (including phenoxy) is 2. The quantitative estimate of drug-likeness (QED) is 0.832. The molecule has 2 rings (SSSR count). The molecule has 0 bridgehead atoms. The first-order valence-electron chi connectivity index (χ1n) is 5.42. The van der Waals surface area contributed by atoms with E-state index in [9.17, 15) is 13.6 Å². The Hall–Kier alpha value is -1.69. The van der Waals surface area contributed by atoms with Crippen molar-refractivity contribution in [1.29, 1.82) is 0 Å². The van der Waals surface area contributed by atoms with Crippen LogP contribution in [0.25, 0.3) is 0 Å². The lowest BCUT2D eigenvalue weighted by molar-refractivity contribution is -0.180. The maximum Gasteiger partial charge on any atom is 0.318 e. The first kappa shape index (κ1) is 12.8. The van der Waals surface area contributed by atoms with Crippen LogP contribution in [-0.2, 0) is 14.3 Å². The number of carbonyl (C=O) groups is 1. The minimum atomic E-state index is -0.782. The average Bonchev–Trinajstić information content (AvgIpc) is 2.29. The maximum atomic E-state index is 13.4. The summed E-state index contributed by atoms with van der Waals surface area (Å²) < 4.78 is 35.8. The highest BCUT2D eigenvalue weighted by molar-refractivity contribution is 5.78. The summed E-state index contributed by atoms with van der Waals surface area (Å²) >= 11 is 0. The van der Waals surface area contributed by atoms with Crippen molar-refractivity contribution in [1.82, 2.24) is 0 Å². The normalized spacial score (nSPS) is 16.8. The molecular formula is C12H13F2NO3. The van der Waals surface area contributed by atoms with Crippen LogP contribution in [0.4, 0.5) is 14.5 Å². The number of anilines is 1. The van der Waals surface area contributed by atoms with Crippen LogP contribution in [0.15, 0.2) is 18.2 Å². The highest BCUT2D eigenvalue weighted by Gasteiger charge is 2.47. The monoisotopic (exact) mass is 257 g/mol. The second-order valence-electron chi connectivity index (χ2n) is 4.24. The van der Waals surface area contributed by atoms with E-state index in [2.05, 4.69) is 10.1 Å². The molecule has 98 valence electrons. The molecule has 0 saturated carbocycles. The van der Waals surface area contributed by atoms with Crippen LogP contribution >= 0.6 is 0 Å². The van der Waals surface area contributed by atoms with Crippen LogP contribution in [0.2, 0.25) is 0 Å². The van der Waals surface area contributed by atoms with Crippen LogP contribution in [0.5, 0.6) is 0 Å². The van der Waals surface area contributed by atoms with E-state index in [0.29, 0.717) is 0 Å². The fourth-order valence-corrected chi connectivity index (χ4v) is 1.75. The summed E-state index contributed by atoms with van der Waals surface area (Å²) in [6, 6.07) is 3.22. The number of rotatable bonds is 4. The van der Waals surface area contributed by atoms with Crippen LogP contribution in [0.3, 0.4) is 0 Å². The lowest BCUT2D eigenvalue weighted by Gasteiger charge is -2.38. The first-order chi connectivity index (χ1) is 8.57. The van der Waals surface area contributed by atoms with Crippen LogP contribution in [0, 0.1) is 17.0 Å². The summed E-state index contributed by atoms with van der Waals surface area (Å²) in [5.41, 5.74) is -0.637. The molecule has 0 amide bonds. The van der Waals surface area contributed by atoms with Gasteiger partial charge in [-0.1, -0.05) is 0 Å². The number of nitrogens with one attached hydrogen (secondary N) is 1. The van der Waals surface area contributed by atoms with E-state index in [-0.39, 0.29) is 25.4 Å². The number of hydrogen-bond acceptors (Lipinski definition) is 4.